The fourth-order valence-electron chi connectivity index (χ4n) is 1.67. The molecule has 16 heavy (non-hydrogen) atoms. The topological polar surface area (TPSA) is 83.8 Å². The number of aromatic nitrogens is 4. The third-order valence-corrected chi connectivity index (χ3v) is 2.60. The molecule has 0 unspecified atom stereocenters. The van der Waals surface area contributed by atoms with Gasteiger partial charge in [-0.25, -0.2) is 5.10 Å². The molecule has 3 rings (SSSR count). The lowest BCUT2D eigenvalue weighted by Crippen LogP contribution is -2.06. The van der Waals surface area contributed by atoms with Crippen molar-refractivity contribution in [3.05, 3.63) is 44.3 Å². The molecule has 7 heteroatoms. The van der Waals surface area contributed by atoms with Gasteiger partial charge in [-0.05, 0) is 12.1 Å². The standard InChI is InChI=1S/C9H5ClN4O2/c10-4-1-2-5-6(3-4)14(16)13-8-7(5)9(15)12-11-8/h1-3,13,16H. The average Bonchev–Trinajstić information content (AvgIpc) is 2.61. The summed E-state index contributed by atoms with van der Waals surface area (Å²) in [7, 11) is 0. The Morgan fingerprint density at radius 3 is 3.00 bits per heavy atom. The highest BCUT2D eigenvalue weighted by Crippen LogP contribution is 2.18. The van der Waals surface area contributed by atoms with E-state index in [4.69, 9.17) is 11.6 Å². The van der Waals surface area contributed by atoms with Crippen molar-refractivity contribution in [3.8, 4) is 0 Å². The van der Waals surface area contributed by atoms with Gasteiger partial charge in [0.25, 0.3) is 5.56 Å². The monoisotopic (exact) mass is 236 g/mol. The highest BCUT2D eigenvalue weighted by atomic mass is 35.5. The van der Waals surface area contributed by atoms with E-state index in [9.17, 15) is 10.0 Å². The van der Waals surface area contributed by atoms with E-state index in [1.807, 2.05) is 0 Å². The van der Waals surface area contributed by atoms with Gasteiger partial charge >= 0.3 is 0 Å². The summed E-state index contributed by atoms with van der Waals surface area (Å²) in [4.78, 5) is 12.2. The molecule has 0 saturated carbocycles. The van der Waals surface area contributed by atoms with Crippen LogP contribution in [0.2, 0.25) is 5.02 Å². The molecule has 6 nitrogen and oxygen atoms in total. The Labute approximate surface area is 92.7 Å². The number of benzene rings is 1. The van der Waals surface area contributed by atoms with Gasteiger partial charge in [-0.1, -0.05) is 17.7 Å². The van der Waals surface area contributed by atoms with Gasteiger partial charge in [-0.15, -0.1) is 15.0 Å². The van der Waals surface area contributed by atoms with Crippen molar-refractivity contribution in [1.82, 2.24) is 20.1 Å². The van der Waals surface area contributed by atoms with Gasteiger partial charge in [-0.2, -0.15) is 0 Å². The predicted octanol–water partition coefficient (Wildman–Crippen LogP) is 0.735. The molecule has 0 saturated heterocycles. The second kappa shape index (κ2) is 2.96. The first-order valence-electron chi connectivity index (χ1n) is 4.43. The number of aromatic amines is 1. The normalized spacial score (nSPS) is 11.3. The molecule has 0 fully saturated rings. The minimum Gasteiger partial charge on any atom is -0.413 e. The maximum Gasteiger partial charge on any atom is 0.300 e. The number of nitrogens with one attached hydrogen (secondary N) is 1. The molecule has 0 spiro atoms. The Morgan fingerprint density at radius 2 is 2.19 bits per heavy atom. The average molecular weight is 237 g/mol. The number of halogens is 1. The van der Waals surface area contributed by atoms with Crippen LogP contribution < -0.4 is 5.56 Å². The molecule has 2 heterocycles. The van der Waals surface area contributed by atoms with E-state index in [-0.39, 0.29) is 5.48 Å². The zero-order valence-electron chi connectivity index (χ0n) is 7.81. The summed E-state index contributed by atoms with van der Waals surface area (Å²) in [5.41, 5.74) is 0.202. The van der Waals surface area contributed by atoms with Crippen molar-refractivity contribution in [3.63, 3.8) is 0 Å². The lowest BCUT2D eigenvalue weighted by Gasteiger charge is -2.03. The van der Waals surface area contributed by atoms with E-state index in [2.05, 4.69) is 15.3 Å². The summed E-state index contributed by atoms with van der Waals surface area (Å²) in [6, 6.07) is 4.82. The van der Waals surface area contributed by atoms with Gasteiger partial charge in [0.05, 0.1) is 5.22 Å². The van der Waals surface area contributed by atoms with Crippen LogP contribution in [0.4, 0.5) is 0 Å². The van der Waals surface area contributed by atoms with E-state index < -0.39 is 5.56 Å². The lowest BCUT2D eigenvalue weighted by molar-refractivity contribution is 0.155. The number of H-pyrrole nitrogens is 1. The number of hydrogen-bond donors (Lipinski definition) is 2. The van der Waals surface area contributed by atoms with Gasteiger partial charge < -0.3 is 5.21 Å². The number of hydrogen-bond acceptors (Lipinski definition) is 4. The minimum absolute atomic E-state index is 0.238. The first-order chi connectivity index (χ1) is 7.66. The fourth-order valence-corrected chi connectivity index (χ4v) is 1.84. The summed E-state index contributed by atoms with van der Waals surface area (Å²) in [6.45, 7) is 0. The van der Waals surface area contributed by atoms with Crippen LogP contribution >= 0.6 is 11.6 Å². The van der Waals surface area contributed by atoms with E-state index in [1.165, 1.54) is 0 Å². The van der Waals surface area contributed by atoms with E-state index >= 15 is 0 Å². The zero-order valence-corrected chi connectivity index (χ0v) is 8.56. The molecule has 2 aliphatic rings. The van der Waals surface area contributed by atoms with Crippen LogP contribution in [0.15, 0.2) is 23.0 Å². The second-order valence-corrected chi connectivity index (χ2v) is 3.75. The van der Waals surface area contributed by atoms with Crippen molar-refractivity contribution in [1.29, 1.82) is 0 Å². The quantitative estimate of drug-likeness (QED) is 0.564. The third kappa shape index (κ3) is 1.10. The molecule has 0 atom stereocenters. The molecule has 0 bridgehead atoms. The van der Waals surface area contributed by atoms with Gasteiger partial charge in [0.15, 0.2) is 5.48 Å². The van der Waals surface area contributed by atoms with Gasteiger partial charge in [0.1, 0.15) is 5.52 Å². The lowest BCUT2D eigenvalue weighted by atomic mass is 10.2. The van der Waals surface area contributed by atoms with Gasteiger partial charge in [0, 0.05) is 10.4 Å². The second-order valence-electron chi connectivity index (χ2n) is 3.31. The molecule has 1 aromatic carbocycles. The molecule has 0 aromatic heterocycles. The highest BCUT2D eigenvalue weighted by Gasteiger charge is 2.08. The highest BCUT2D eigenvalue weighted by molar-refractivity contribution is 6.31. The summed E-state index contributed by atoms with van der Waals surface area (Å²) in [5, 5.41) is 20.5. The van der Waals surface area contributed by atoms with E-state index in [0.717, 1.165) is 4.85 Å². The van der Waals surface area contributed by atoms with Crippen molar-refractivity contribution in [2.75, 3.05) is 0 Å². The molecule has 0 aliphatic carbocycles. The number of rotatable bonds is 0. The maximum atomic E-state index is 11.5. The Kier molecular flexibility index (Phi) is 1.69. The fraction of sp³-hybridized carbons (Fsp3) is 0. The Morgan fingerprint density at radius 1 is 1.38 bits per heavy atom. The Balaban J connectivity index is 2.74. The molecule has 80 valence electrons. The maximum absolute atomic E-state index is 11.5. The van der Waals surface area contributed by atoms with E-state index in [0.29, 0.717) is 21.1 Å². The molecule has 0 amide bonds. The molecular weight excluding hydrogens is 232 g/mol. The summed E-state index contributed by atoms with van der Waals surface area (Å²) >= 11 is 5.81. The summed E-state index contributed by atoms with van der Waals surface area (Å²) < 4.78 is 0. The Bertz CT molecular complexity index is 807. The van der Waals surface area contributed by atoms with E-state index in [1.54, 1.807) is 18.2 Å². The first kappa shape index (κ1) is 9.17. The zero-order chi connectivity index (χ0) is 11.3. The van der Waals surface area contributed by atoms with Crippen molar-refractivity contribution >= 4 is 22.5 Å². The number of nitrogens with zero attached hydrogens (tertiary/aromatic N) is 3. The molecular formula is C9H5ClN4O2. The molecule has 0 radical (unpaired) electrons. The van der Waals surface area contributed by atoms with Crippen LogP contribution in [-0.4, -0.2) is 25.3 Å². The first-order valence-corrected chi connectivity index (χ1v) is 4.80. The van der Waals surface area contributed by atoms with Crippen molar-refractivity contribution in [2.45, 2.75) is 0 Å². The van der Waals surface area contributed by atoms with Crippen LogP contribution in [0.3, 0.4) is 0 Å². The predicted molar refractivity (Wildman–Crippen MR) is 55.6 cm³/mol. The van der Waals surface area contributed by atoms with Crippen LogP contribution in [0.25, 0.3) is 10.9 Å². The molecule has 1 aromatic rings. The van der Waals surface area contributed by atoms with Gasteiger partial charge in [0.2, 0.25) is 0 Å². The van der Waals surface area contributed by atoms with Crippen LogP contribution in [0.5, 0.6) is 0 Å². The smallest absolute Gasteiger partial charge is 0.300 e. The largest absolute Gasteiger partial charge is 0.413 e. The van der Waals surface area contributed by atoms with Crippen molar-refractivity contribution < 1.29 is 5.21 Å². The molecule has 2 aliphatic heterocycles. The summed E-state index contributed by atoms with van der Waals surface area (Å²) in [6.07, 6.45) is 0. The summed E-state index contributed by atoms with van der Waals surface area (Å²) in [5.74, 6) is 0. The van der Waals surface area contributed by atoms with Gasteiger partial charge in [-0.3, -0.25) is 4.79 Å². The Hall–Kier alpha value is -2.08. The number of fused-ring (bicyclic) bond motifs is 2. The minimum atomic E-state index is -0.431. The van der Waals surface area contributed by atoms with Crippen LogP contribution in [-0.2, 0) is 0 Å². The van der Waals surface area contributed by atoms with Crippen LogP contribution in [0, 0.1) is 10.7 Å². The molecule has 2 N–H and O–H groups in total. The third-order valence-electron chi connectivity index (χ3n) is 2.36. The van der Waals surface area contributed by atoms with Crippen LogP contribution in [0.1, 0.15) is 0 Å². The SMILES string of the molecule is O=c1nnc2[nH]n(O)c3cc(Cl)ccc3c1=2. The van der Waals surface area contributed by atoms with Crippen molar-refractivity contribution in [2.24, 2.45) is 0 Å².